The number of nitrogens with zero attached hydrogens (tertiary/aromatic N) is 8. The molecule has 20 nitrogen and oxygen atoms in total. The van der Waals surface area contributed by atoms with Gasteiger partial charge in [0.05, 0.1) is 96.1 Å². The van der Waals surface area contributed by atoms with E-state index in [0.29, 0.717) is 6.42 Å². The van der Waals surface area contributed by atoms with Gasteiger partial charge in [0.25, 0.3) is 0 Å². The van der Waals surface area contributed by atoms with Crippen molar-refractivity contribution in [2.75, 3.05) is 6.54 Å². The Balaban J connectivity index is 1.47. The van der Waals surface area contributed by atoms with Crippen LogP contribution in [0, 0.1) is 0 Å². The quantitative estimate of drug-likeness (QED) is 0.109. The topological polar surface area (TPSA) is 313 Å². The maximum Gasteiger partial charge on any atom is 0.335 e. The summed E-state index contributed by atoms with van der Waals surface area (Å²) in [5.41, 5.74) is 6.35. The van der Waals surface area contributed by atoms with Crippen molar-refractivity contribution < 1.29 is 54.3 Å². The van der Waals surface area contributed by atoms with Crippen LogP contribution in [0.2, 0.25) is 0 Å². The van der Waals surface area contributed by atoms with E-state index in [1.54, 1.807) is 15.9 Å². The normalized spacial score (nSPS) is 15.3. The first-order chi connectivity index (χ1) is 31.1. The smallest absolute Gasteiger partial charge is 0.335 e. The fourth-order valence-corrected chi connectivity index (χ4v) is 7.69. The molecule has 7 N–H and O–H groups in total. The Kier molecular flexibility index (Phi) is 12.0. The van der Waals surface area contributed by atoms with Crippen LogP contribution in [0.5, 0.6) is 0 Å². The Morgan fingerprint density at radius 1 is 0.385 bits per heavy atom. The van der Waals surface area contributed by atoms with Crippen molar-refractivity contribution in [3.63, 3.8) is 0 Å². The Labute approximate surface area is 367 Å². The molecule has 0 aliphatic carbocycles. The molecule has 328 valence electrons. The molecule has 65 heavy (non-hydrogen) atoms. The van der Waals surface area contributed by atoms with Crippen molar-refractivity contribution in [2.45, 2.75) is 52.1 Å². The number of carbonyl (C=O) groups excluding carboxylic acids is 1. The molecule has 0 atom stereocenters. The number of hydrogen-bond acceptors (Lipinski definition) is 15. The largest absolute Gasteiger partial charge is 0.478 e. The summed E-state index contributed by atoms with van der Waals surface area (Å²) >= 11 is 0. The van der Waals surface area contributed by atoms with Crippen LogP contribution in [0.3, 0.4) is 0 Å². The van der Waals surface area contributed by atoms with Gasteiger partial charge in [-0.1, -0.05) is 0 Å². The van der Waals surface area contributed by atoms with E-state index in [1.165, 1.54) is 66.7 Å². The van der Waals surface area contributed by atoms with Crippen molar-refractivity contribution in [1.82, 2.24) is 39.7 Å². The van der Waals surface area contributed by atoms with Gasteiger partial charge in [-0.3, -0.25) is 14.6 Å². The molecule has 6 aromatic rings. The lowest BCUT2D eigenvalue weighted by atomic mass is 10.0. The number of nitrogens with two attached hydrogens (primary N) is 1. The maximum atomic E-state index is 13.7. The molecule has 0 spiro atoms. The zero-order valence-corrected chi connectivity index (χ0v) is 34.1. The summed E-state index contributed by atoms with van der Waals surface area (Å²) in [5, 5.41) is 51.4. The molecule has 14 bridgehead atoms. The number of carbonyl (C=O) groups is 6. The van der Waals surface area contributed by atoms with E-state index in [0.717, 1.165) is 0 Å². The predicted molar refractivity (Wildman–Crippen MR) is 226 cm³/mol. The summed E-state index contributed by atoms with van der Waals surface area (Å²) in [7, 11) is 0. The highest BCUT2D eigenvalue weighted by molar-refractivity contribution is 5.97. The fraction of sp³-hybridized carbons (Fsp3) is 0.200. The van der Waals surface area contributed by atoms with Crippen LogP contribution in [0.25, 0.3) is 34.2 Å². The monoisotopic (exact) mass is 879 g/mol. The summed E-state index contributed by atoms with van der Waals surface area (Å²) in [6, 6.07) is 16.0. The fourth-order valence-electron chi connectivity index (χ4n) is 7.69. The molecular weight excluding hydrogens is 843 g/mol. The number of aromatic carboxylic acids is 5. The minimum absolute atomic E-state index is 0.00928. The molecule has 0 amide bonds. The van der Waals surface area contributed by atoms with Gasteiger partial charge in [0.2, 0.25) is 0 Å². The molecule has 0 unspecified atom stereocenters. The molecule has 9 rings (SSSR count). The first kappa shape index (κ1) is 43.4. The van der Waals surface area contributed by atoms with Crippen LogP contribution in [0.15, 0.2) is 72.8 Å². The number of Topliss-reactive ketones (excluding diaryl/α,β-unsaturated/α-hetero) is 1. The number of aromatic nitrogens is 6. The minimum Gasteiger partial charge on any atom is -0.478 e. The van der Waals surface area contributed by atoms with Gasteiger partial charge in [0.15, 0.2) is 5.78 Å². The predicted octanol–water partition coefficient (Wildman–Crippen LogP) is 4.50. The maximum absolute atomic E-state index is 13.7. The molecule has 0 saturated carbocycles. The lowest BCUT2D eigenvalue weighted by Crippen LogP contribution is -2.26. The van der Waals surface area contributed by atoms with Crippen molar-refractivity contribution in [2.24, 2.45) is 5.73 Å². The van der Waals surface area contributed by atoms with Gasteiger partial charge in [-0.25, -0.2) is 53.9 Å². The second-order valence-corrected chi connectivity index (χ2v) is 15.5. The van der Waals surface area contributed by atoms with Crippen LogP contribution in [0.4, 0.5) is 0 Å². The van der Waals surface area contributed by atoms with Crippen molar-refractivity contribution >= 4 is 35.6 Å². The highest BCUT2D eigenvalue weighted by Crippen LogP contribution is 2.29. The van der Waals surface area contributed by atoms with Gasteiger partial charge in [-0.15, -0.1) is 0 Å². The van der Waals surface area contributed by atoms with Crippen molar-refractivity contribution in [3.8, 4) is 34.2 Å². The van der Waals surface area contributed by atoms with E-state index in [2.05, 4.69) is 0 Å². The number of pyridine rings is 6. The summed E-state index contributed by atoms with van der Waals surface area (Å²) < 4.78 is 0. The summed E-state index contributed by atoms with van der Waals surface area (Å²) in [4.78, 5) is 109. The Hall–Kier alpha value is -8.20. The lowest BCUT2D eigenvalue weighted by Gasteiger charge is -2.25. The van der Waals surface area contributed by atoms with Crippen LogP contribution < -0.4 is 5.73 Å². The molecule has 9 heterocycles. The number of rotatable bonds is 9. The minimum atomic E-state index is -1.32. The number of hydrogen-bond donors (Lipinski definition) is 6. The Morgan fingerprint density at radius 2 is 0.600 bits per heavy atom. The SMILES string of the molecule is NCCCC(=O)c1cc2nc(c1)-c1cc(C(=O)O)cc(n1)CN1Cc3cc(C(=O)O)cc(n3)-c3cc(C(=O)O)cc(n3)CN(Cc3cc(C(=O)O)cc(n3)-c3cc(C(=O)O)cc(n3)C1)C2. The van der Waals surface area contributed by atoms with Crippen LogP contribution in [0.1, 0.15) is 109 Å². The van der Waals surface area contributed by atoms with Gasteiger partial charge < -0.3 is 31.3 Å². The first-order valence-corrected chi connectivity index (χ1v) is 20.0. The molecule has 0 fully saturated rings. The van der Waals surface area contributed by atoms with Gasteiger partial charge in [-0.2, -0.15) is 0 Å². The van der Waals surface area contributed by atoms with Gasteiger partial charge in [0.1, 0.15) is 0 Å². The van der Waals surface area contributed by atoms with Crippen molar-refractivity contribution in [1.29, 1.82) is 0 Å². The molecule has 20 heteroatoms. The zero-order chi connectivity index (χ0) is 46.1. The molecule has 0 saturated heterocycles. The molecule has 3 aliphatic heterocycles. The van der Waals surface area contributed by atoms with E-state index < -0.39 is 29.8 Å². The highest BCUT2D eigenvalue weighted by Gasteiger charge is 2.24. The average Bonchev–Trinajstić information content (AvgIpc) is 3.26. The molecule has 0 aromatic carbocycles. The average molecular weight is 880 g/mol. The number of carboxylic acid groups (broad SMARTS) is 5. The number of ketones is 1. The van der Waals surface area contributed by atoms with Crippen LogP contribution >= 0.6 is 0 Å². The van der Waals surface area contributed by atoms with Gasteiger partial charge >= 0.3 is 29.8 Å². The summed E-state index contributed by atoms with van der Waals surface area (Å²) in [6.45, 7) is -0.786. The van der Waals surface area contributed by atoms with Crippen LogP contribution in [-0.4, -0.2) is 107 Å². The summed E-state index contributed by atoms with van der Waals surface area (Å²) in [5.74, 6) is -6.84. The van der Waals surface area contributed by atoms with E-state index in [1.807, 2.05) is 0 Å². The second kappa shape index (κ2) is 17.9. The van der Waals surface area contributed by atoms with E-state index in [9.17, 15) is 54.3 Å². The number of carboxylic acids is 5. The Bertz CT molecular complexity index is 2860. The molecular formula is C45H37N9O11. The third kappa shape index (κ3) is 9.89. The molecule has 0 radical (unpaired) electrons. The van der Waals surface area contributed by atoms with E-state index >= 15 is 0 Å². The van der Waals surface area contributed by atoms with Gasteiger partial charge in [0, 0.05) is 51.3 Å². The standard InChI is InChI=1S/C45H37N9O11/c46-3-1-2-40(55)22-4-28-16-53-17-30-6-24(42(58)59)12-36(49-30)38-14-26(44(62)63)8-32(51-38)20-54(19-29-5-23(41(56)57)11-35(48-29)34(10-22)47-28)21-33-9-27(45(64)65)15-39(52-33)37-13-25(43(60)61)7-31(18-53)50-37/h4-15H,1-3,16-21,46H2,(H,56,57)(H,58,59)(H,60,61)(H,62,63)(H,64,65). The first-order valence-electron chi connectivity index (χ1n) is 20.0. The lowest BCUT2D eigenvalue weighted by molar-refractivity contribution is 0.0685. The summed E-state index contributed by atoms with van der Waals surface area (Å²) in [6.07, 6.45) is 0.465. The van der Waals surface area contributed by atoms with E-state index in [-0.39, 0.29) is 160 Å². The Morgan fingerprint density at radius 3 is 0.815 bits per heavy atom. The highest BCUT2D eigenvalue weighted by atomic mass is 16.4. The van der Waals surface area contributed by atoms with Crippen molar-refractivity contribution in [3.05, 3.63) is 140 Å². The molecule has 6 aromatic heterocycles. The third-order valence-corrected chi connectivity index (χ3v) is 10.5. The van der Waals surface area contributed by atoms with Crippen LogP contribution in [-0.2, 0) is 39.3 Å². The van der Waals surface area contributed by atoms with Gasteiger partial charge in [-0.05, 0) is 85.8 Å². The second-order valence-electron chi connectivity index (χ2n) is 15.5. The van der Waals surface area contributed by atoms with E-state index in [4.69, 9.17) is 35.6 Å². The molecule has 3 aliphatic rings. The third-order valence-electron chi connectivity index (χ3n) is 10.5. The zero-order valence-electron chi connectivity index (χ0n) is 34.1.